The number of aromatic nitrogens is 1. The van der Waals surface area contributed by atoms with E-state index in [2.05, 4.69) is 9.01 Å². The van der Waals surface area contributed by atoms with Crippen molar-refractivity contribution < 1.29 is 17.4 Å². The number of halogens is 3. The molecule has 0 saturated heterocycles. The van der Waals surface area contributed by atoms with E-state index in [1.807, 2.05) is 33.9 Å². The molecule has 0 bridgehead atoms. The van der Waals surface area contributed by atoms with Crippen molar-refractivity contribution in [3.05, 3.63) is 11.2 Å². The van der Waals surface area contributed by atoms with Crippen LogP contribution in [0.4, 0.5) is 13.2 Å². The smallest absolute Gasteiger partial charge is 0.261 e. The third-order valence-electron chi connectivity index (χ3n) is 3.21. The predicted octanol–water partition coefficient (Wildman–Crippen LogP) is 3.87. The number of alkyl halides is 3. The fourth-order valence-corrected chi connectivity index (χ4v) is 6.98. The standard InChI is InChI=1S/C10H18F3N3OS2Si/c1-9(2,3)20(4,5)16-19(14,17)7-6-15-8(18-7)10(11,12)13/h6H,1-5H3,(H2,14,16,17). The summed E-state index contributed by atoms with van der Waals surface area (Å²) in [5, 5.41) is 4.42. The number of thiazole rings is 1. The van der Waals surface area contributed by atoms with Gasteiger partial charge in [-0.25, -0.2) is 14.3 Å². The number of nitrogens with zero attached hydrogens (tertiary/aromatic N) is 2. The second kappa shape index (κ2) is 5.07. The fourth-order valence-electron chi connectivity index (χ4n) is 1.05. The molecular formula is C10H18F3N3OS2Si. The van der Waals surface area contributed by atoms with Gasteiger partial charge in [0.2, 0.25) is 0 Å². The lowest BCUT2D eigenvalue weighted by atomic mass is 10.2. The van der Waals surface area contributed by atoms with Crippen molar-refractivity contribution in [3.63, 3.8) is 0 Å². The van der Waals surface area contributed by atoms with Crippen LogP contribution in [0.1, 0.15) is 25.8 Å². The first-order valence-electron chi connectivity index (χ1n) is 5.76. The maximum atomic E-state index is 12.5. The van der Waals surface area contributed by atoms with Crippen molar-refractivity contribution in [1.82, 2.24) is 4.98 Å². The van der Waals surface area contributed by atoms with Gasteiger partial charge in [0.05, 0.1) is 6.20 Å². The van der Waals surface area contributed by atoms with Crippen LogP contribution in [-0.2, 0) is 16.1 Å². The van der Waals surface area contributed by atoms with E-state index in [0.29, 0.717) is 0 Å². The maximum Gasteiger partial charge on any atom is 0.443 e. The van der Waals surface area contributed by atoms with E-state index < -0.39 is 29.3 Å². The molecule has 0 fully saturated rings. The number of nitrogens with two attached hydrogens (primary N) is 1. The molecule has 0 amide bonds. The Kier molecular flexibility index (Phi) is 4.46. The predicted molar refractivity (Wildman–Crippen MR) is 77.3 cm³/mol. The Morgan fingerprint density at radius 1 is 1.35 bits per heavy atom. The van der Waals surface area contributed by atoms with E-state index in [1.54, 1.807) is 0 Å². The van der Waals surface area contributed by atoms with Gasteiger partial charge in [0.15, 0.2) is 13.2 Å². The van der Waals surface area contributed by atoms with Crippen LogP contribution in [0.2, 0.25) is 18.1 Å². The maximum absolute atomic E-state index is 12.5. The van der Waals surface area contributed by atoms with Crippen molar-refractivity contribution >= 4 is 29.5 Å². The van der Waals surface area contributed by atoms with Gasteiger partial charge in [0, 0.05) is 0 Å². The first kappa shape index (κ1) is 17.6. The van der Waals surface area contributed by atoms with Crippen LogP contribution >= 0.6 is 11.3 Å². The van der Waals surface area contributed by atoms with Gasteiger partial charge in [-0.05, 0) is 18.1 Å². The van der Waals surface area contributed by atoms with Crippen LogP contribution in [0.25, 0.3) is 0 Å². The molecule has 1 rings (SSSR count). The summed E-state index contributed by atoms with van der Waals surface area (Å²) < 4.78 is 54.1. The molecule has 0 aliphatic rings. The molecular weight excluding hydrogens is 327 g/mol. The average Bonchev–Trinajstić information content (AvgIpc) is 2.61. The van der Waals surface area contributed by atoms with E-state index in [9.17, 15) is 17.4 Å². The topological polar surface area (TPSA) is 68.3 Å². The molecule has 0 spiro atoms. The van der Waals surface area contributed by atoms with Gasteiger partial charge in [-0.3, -0.25) is 4.03 Å². The van der Waals surface area contributed by atoms with E-state index in [1.165, 1.54) is 0 Å². The highest BCUT2D eigenvalue weighted by molar-refractivity contribution is 7.94. The molecule has 2 N–H and O–H groups in total. The second-order valence-corrected chi connectivity index (χ2v) is 14.2. The molecule has 4 nitrogen and oxygen atoms in total. The second-order valence-electron chi connectivity index (χ2n) is 5.95. The molecule has 0 saturated carbocycles. The highest BCUT2D eigenvalue weighted by atomic mass is 32.2. The van der Waals surface area contributed by atoms with Gasteiger partial charge in [0.25, 0.3) is 0 Å². The summed E-state index contributed by atoms with van der Waals surface area (Å²) in [5.74, 6) is 0. The minimum atomic E-state index is -4.56. The summed E-state index contributed by atoms with van der Waals surface area (Å²) in [6.45, 7) is 9.61. The summed E-state index contributed by atoms with van der Waals surface area (Å²) in [4.78, 5) is 3.24. The van der Waals surface area contributed by atoms with E-state index in [0.717, 1.165) is 6.20 Å². The first-order chi connectivity index (χ1) is 8.67. The molecule has 10 heteroatoms. The van der Waals surface area contributed by atoms with Gasteiger partial charge in [0.1, 0.15) is 14.1 Å². The normalized spacial score (nSPS) is 16.9. The van der Waals surface area contributed by atoms with Gasteiger partial charge in [-0.2, -0.15) is 13.2 Å². The van der Waals surface area contributed by atoms with E-state index >= 15 is 0 Å². The third kappa shape index (κ3) is 3.80. The summed E-state index contributed by atoms with van der Waals surface area (Å²) in [7, 11) is -5.69. The Hall–Kier alpha value is -0.453. The Balaban J connectivity index is 3.31. The molecule has 1 aromatic heterocycles. The van der Waals surface area contributed by atoms with Gasteiger partial charge in [-0.1, -0.05) is 32.1 Å². The Labute approximate surface area is 122 Å². The lowest BCUT2D eigenvalue weighted by Crippen LogP contribution is -2.37. The average molecular weight is 345 g/mol. The Bertz CT molecular complexity index is 610. The molecule has 0 aliphatic carbocycles. The molecule has 116 valence electrons. The first-order valence-corrected chi connectivity index (χ1v) is 11.1. The highest BCUT2D eigenvalue weighted by Crippen LogP contribution is 2.39. The quantitative estimate of drug-likeness (QED) is 0.827. The van der Waals surface area contributed by atoms with Crippen LogP contribution in [0, 0.1) is 0 Å². The zero-order valence-corrected chi connectivity index (χ0v) is 14.5. The monoisotopic (exact) mass is 345 g/mol. The SMILES string of the molecule is CC(C)(C)[Si](C)(C)N=S(N)(=O)c1cnc(C(F)(F)F)s1. The van der Waals surface area contributed by atoms with Gasteiger partial charge in [-0.15, -0.1) is 0 Å². The molecule has 1 atom stereocenters. The van der Waals surface area contributed by atoms with Gasteiger partial charge >= 0.3 is 6.18 Å². The zero-order chi connectivity index (χ0) is 16.0. The Morgan fingerprint density at radius 2 is 1.85 bits per heavy atom. The lowest BCUT2D eigenvalue weighted by Gasteiger charge is -2.32. The lowest BCUT2D eigenvalue weighted by molar-refractivity contribution is -0.137. The van der Waals surface area contributed by atoms with E-state index in [-0.39, 0.29) is 20.6 Å². The molecule has 0 aromatic carbocycles. The summed E-state index contributed by atoms with van der Waals surface area (Å²) in [6.07, 6.45) is -3.65. The van der Waals surface area contributed by atoms with E-state index in [4.69, 9.17) is 5.14 Å². The molecule has 0 aliphatic heterocycles. The highest BCUT2D eigenvalue weighted by Gasteiger charge is 2.39. The zero-order valence-electron chi connectivity index (χ0n) is 11.9. The molecule has 1 aromatic rings. The number of hydrogen-bond acceptors (Lipinski definition) is 4. The third-order valence-corrected chi connectivity index (χ3v) is 12.3. The van der Waals surface area contributed by atoms with Crippen LogP contribution in [-0.4, -0.2) is 17.4 Å². The fraction of sp³-hybridized carbons (Fsp3) is 0.700. The summed E-state index contributed by atoms with van der Waals surface area (Å²) in [6, 6.07) is 0. The van der Waals surface area contributed by atoms with Crippen molar-refractivity contribution in [2.75, 3.05) is 0 Å². The molecule has 1 heterocycles. The van der Waals surface area contributed by atoms with Crippen LogP contribution in [0.15, 0.2) is 14.4 Å². The molecule has 0 radical (unpaired) electrons. The van der Waals surface area contributed by atoms with Crippen LogP contribution in [0.3, 0.4) is 0 Å². The summed E-state index contributed by atoms with van der Waals surface area (Å²) >= 11 is 0.290. The molecule has 1 unspecified atom stereocenters. The van der Waals surface area contributed by atoms with Crippen molar-refractivity contribution in [1.29, 1.82) is 0 Å². The number of hydrogen-bond donors (Lipinski definition) is 1. The van der Waals surface area contributed by atoms with Gasteiger partial charge < -0.3 is 0 Å². The van der Waals surface area contributed by atoms with Crippen LogP contribution < -0.4 is 5.14 Å². The largest absolute Gasteiger partial charge is 0.443 e. The minimum absolute atomic E-state index is 0.130. The van der Waals surface area contributed by atoms with Crippen molar-refractivity contribution in [2.24, 2.45) is 9.17 Å². The van der Waals surface area contributed by atoms with Crippen molar-refractivity contribution in [2.45, 2.75) is 49.3 Å². The van der Waals surface area contributed by atoms with Crippen molar-refractivity contribution in [3.8, 4) is 0 Å². The molecule has 20 heavy (non-hydrogen) atoms. The van der Waals surface area contributed by atoms with Crippen LogP contribution in [0.5, 0.6) is 0 Å². The Morgan fingerprint density at radius 3 is 2.20 bits per heavy atom. The minimum Gasteiger partial charge on any atom is -0.261 e. The number of rotatable bonds is 2. The summed E-state index contributed by atoms with van der Waals surface area (Å²) in [5.41, 5.74) is 0.